The van der Waals surface area contributed by atoms with Crippen molar-refractivity contribution in [3.63, 3.8) is 0 Å². The number of rotatable bonds is 2. The Morgan fingerprint density at radius 2 is 2.12 bits per heavy atom. The van der Waals surface area contributed by atoms with E-state index in [1.807, 2.05) is 5.32 Å². The van der Waals surface area contributed by atoms with E-state index in [4.69, 9.17) is 0 Å². The third kappa shape index (κ3) is 2.66. The molecule has 0 aliphatic carbocycles. The number of nitro groups is 1. The van der Waals surface area contributed by atoms with Crippen LogP contribution in [0.3, 0.4) is 0 Å². The Hall–Kier alpha value is -1.71. The standard InChI is InChI=1S/C6H4F3N3O3S/c1-2(13)10-5-11-3(6(7,8)9)4(16-5)12(14)15/h1H3,(H,10,11,13). The Balaban J connectivity index is 3.21. The Morgan fingerprint density at radius 3 is 2.44 bits per heavy atom. The number of anilines is 1. The monoisotopic (exact) mass is 255 g/mol. The second-order valence-corrected chi connectivity index (χ2v) is 3.59. The maximum atomic E-state index is 12.3. The molecule has 0 atom stereocenters. The molecule has 1 amide bonds. The van der Waals surface area contributed by atoms with Crippen molar-refractivity contribution < 1.29 is 22.9 Å². The van der Waals surface area contributed by atoms with Crippen molar-refractivity contribution in [3.05, 3.63) is 15.8 Å². The lowest BCUT2D eigenvalue weighted by Gasteiger charge is -2.00. The van der Waals surface area contributed by atoms with Crippen LogP contribution in [-0.4, -0.2) is 15.8 Å². The van der Waals surface area contributed by atoms with E-state index in [9.17, 15) is 28.1 Å². The van der Waals surface area contributed by atoms with Crippen molar-refractivity contribution in [2.24, 2.45) is 0 Å². The van der Waals surface area contributed by atoms with Gasteiger partial charge in [-0.25, -0.2) is 4.98 Å². The van der Waals surface area contributed by atoms with Crippen LogP contribution in [0, 0.1) is 10.1 Å². The molecule has 0 aromatic carbocycles. The number of thiazole rings is 1. The molecule has 1 heterocycles. The van der Waals surface area contributed by atoms with Crippen molar-refractivity contribution in [1.29, 1.82) is 0 Å². The van der Waals surface area contributed by atoms with Gasteiger partial charge in [0.2, 0.25) is 11.6 Å². The number of hydrogen-bond donors (Lipinski definition) is 1. The minimum atomic E-state index is -4.92. The number of carbonyl (C=O) groups excluding carboxylic acids is 1. The highest BCUT2D eigenvalue weighted by atomic mass is 32.1. The summed E-state index contributed by atoms with van der Waals surface area (Å²) < 4.78 is 36.9. The highest BCUT2D eigenvalue weighted by molar-refractivity contribution is 7.19. The van der Waals surface area contributed by atoms with E-state index in [0.717, 1.165) is 6.92 Å². The number of amides is 1. The molecule has 1 N–H and O–H groups in total. The van der Waals surface area contributed by atoms with Crippen molar-refractivity contribution in [2.75, 3.05) is 5.32 Å². The topological polar surface area (TPSA) is 85.1 Å². The van der Waals surface area contributed by atoms with Gasteiger partial charge in [0, 0.05) is 6.92 Å². The highest BCUT2D eigenvalue weighted by Gasteiger charge is 2.43. The first-order valence-electron chi connectivity index (χ1n) is 3.72. The maximum absolute atomic E-state index is 12.3. The van der Waals surface area contributed by atoms with Crippen molar-refractivity contribution in [1.82, 2.24) is 4.98 Å². The van der Waals surface area contributed by atoms with E-state index in [0.29, 0.717) is 0 Å². The normalized spacial score (nSPS) is 11.2. The van der Waals surface area contributed by atoms with Gasteiger partial charge in [0.05, 0.1) is 4.92 Å². The molecule has 0 saturated carbocycles. The fraction of sp³-hybridized carbons (Fsp3) is 0.333. The fourth-order valence-corrected chi connectivity index (χ4v) is 1.67. The lowest BCUT2D eigenvalue weighted by Crippen LogP contribution is -2.09. The van der Waals surface area contributed by atoms with E-state index < -0.39 is 32.8 Å². The van der Waals surface area contributed by atoms with Gasteiger partial charge in [-0.1, -0.05) is 0 Å². The number of aromatic nitrogens is 1. The molecule has 10 heteroatoms. The first kappa shape index (κ1) is 12.4. The lowest BCUT2D eigenvalue weighted by molar-refractivity contribution is -0.383. The van der Waals surface area contributed by atoms with Crippen LogP contribution in [0.4, 0.5) is 23.3 Å². The predicted molar refractivity (Wildman–Crippen MR) is 48.1 cm³/mol. The summed E-state index contributed by atoms with van der Waals surface area (Å²) in [5, 5.41) is 10.7. The van der Waals surface area contributed by atoms with Gasteiger partial charge in [-0.15, -0.1) is 0 Å². The van der Waals surface area contributed by atoms with Crippen LogP contribution in [0.15, 0.2) is 0 Å². The number of nitrogens with one attached hydrogen (secondary N) is 1. The Kier molecular flexibility index (Phi) is 3.12. The molecule has 1 aromatic heterocycles. The van der Waals surface area contributed by atoms with E-state index in [1.54, 1.807) is 0 Å². The minimum absolute atomic E-state index is 0.161. The average Bonchev–Trinajstić information content (AvgIpc) is 2.45. The summed E-state index contributed by atoms with van der Waals surface area (Å²) in [6.45, 7) is 1.06. The molecule has 0 bridgehead atoms. The molecule has 0 saturated heterocycles. The third-order valence-corrected chi connectivity index (χ3v) is 2.25. The average molecular weight is 255 g/mol. The molecule has 0 aliphatic rings. The lowest BCUT2D eigenvalue weighted by atomic mass is 10.4. The van der Waals surface area contributed by atoms with E-state index in [-0.39, 0.29) is 11.3 Å². The summed E-state index contributed by atoms with van der Waals surface area (Å²) in [4.78, 5) is 22.7. The van der Waals surface area contributed by atoms with Gasteiger partial charge < -0.3 is 5.32 Å². The summed E-state index contributed by atoms with van der Waals surface area (Å²) in [6.07, 6.45) is -4.92. The van der Waals surface area contributed by atoms with Crippen LogP contribution in [0.2, 0.25) is 0 Å². The first-order chi connectivity index (χ1) is 7.21. The van der Waals surface area contributed by atoms with Crippen molar-refractivity contribution >= 4 is 27.4 Å². The molecule has 1 rings (SSSR count). The summed E-state index contributed by atoms with van der Waals surface area (Å²) in [6, 6.07) is 0. The molecule has 88 valence electrons. The quantitative estimate of drug-likeness (QED) is 0.647. The molecule has 0 aliphatic heterocycles. The van der Waals surface area contributed by atoms with E-state index in [2.05, 4.69) is 4.98 Å². The van der Waals surface area contributed by atoms with Gasteiger partial charge in [0.15, 0.2) is 5.13 Å². The molecule has 0 fully saturated rings. The van der Waals surface area contributed by atoms with Gasteiger partial charge in [0.25, 0.3) is 0 Å². The van der Waals surface area contributed by atoms with Crippen molar-refractivity contribution in [2.45, 2.75) is 13.1 Å². The second-order valence-electron chi connectivity index (χ2n) is 2.61. The molecule has 0 radical (unpaired) electrons. The van der Waals surface area contributed by atoms with E-state index in [1.165, 1.54) is 0 Å². The number of alkyl halides is 3. The van der Waals surface area contributed by atoms with Gasteiger partial charge in [-0.3, -0.25) is 14.9 Å². The predicted octanol–water partition coefficient (Wildman–Crippen LogP) is 2.03. The summed E-state index contributed by atoms with van der Waals surface area (Å²) in [5.74, 6) is -0.655. The summed E-state index contributed by atoms with van der Waals surface area (Å²) in [7, 11) is 0. The third-order valence-electron chi connectivity index (χ3n) is 1.33. The summed E-state index contributed by atoms with van der Waals surface area (Å²) >= 11 is 0.161. The highest BCUT2D eigenvalue weighted by Crippen LogP contribution is 2.40. The molecule has 0 unspecified atom stereocenters. The van der Waals surface area contributed by atoms with Crippen LogP contribution in [-0.2, 0) is 11.0 Å². The Labute approximate surface area is 90.2 Å². The maximum Gasteiger partial charge on any atom is 0.441 e. The molecule has 6 nitrogen and oxygen atoms in total. The zero-order valence-corrected chi connectivity index (χ0v) is 8.48. The molecular formula is C6H4F3N3O3S. The van der Waals surface area contributed by atoms with Gasteiger partial charge in [0.1, 0.15) is 0 Å². The van der Waals surface area contributed by atoms with Gasteiger partial charge in [-0.2, -0.15) is 13.2 Å². The van der Waals surface area contributed by atoms with Crippen molar-refractivity contribution in [3.8, 4) is 0 Å². The molecule has 16 heavy (non-hydrogen) atoms. The van der Waals surface area contributed by atoms with E-state index >= 15 is 0 Å². The zero-order chi connectivity index (χ0) is 12.5. The van der Waals surface area contributed by atoms with Crippen LogP contribution in [0.5, 0.6) is 0 Å². The van der Waals surface area contributed by atoms with Gasteiger partial charge in [-0.05, 0) is 11.3 Å². The van der Waals surface area contributed by atoms with Crippen LogP contribution >= 0.6 is 11.3 Å². The minimum Gasteiger partial charge on any atom is -0.302 e. The van der Waals surface area contributed by atoms with Crippen LogP contribution in [0.1, 0.15) is 12.6 Å². The Bertz CT molecular complexity index is 442. The van der Waals surface area contributed by atoms with Crippen LogP contribution in [0.25, 0.3) is 0 Å². The smallest absolute Gasteiger partial charge is 0.302 e. The second kappa shape index (κ2) is 4.04. The zero-order valence-electron chi connectivity index (χ0n) is 7.66. The number of carbonyl (C=O) groups is 1. The molecule has 0 spiro atoms. The first-order valence-corrected chi connectivity index (χ1v) is 4.53. The largest absolute Gasteiger partial charge is 0.441 e. The van der Waals surface area contributed by atoms with Crippen LogP contribution < -0.4 is 5.32 Å². The summed E-state index contributed by atoms with van der Waals surface area (Å²) in [5.41, 5.74) is -1.61. The number of halogens is 3. The number of hydrogen-bond acceptors (Lipinski definition) is 5. The fourth-order valence-electron chi connectivity index (χ4n) is 0.825. The Morgan fingerprint density at radius 1 is 1.56 bits per heavy atom. The van der Waals surface area contributed by atoms with Gasteiger partial charge >= 0.3 is 11.2 Å². The molecular weight excluding hydrogens is 251 g/mol. The molecule has 1 aromatic rings. The number of nitrogens with zero attached hydrogens (tertiary/aromatic N) is 2. The SMILES string of the molecule is CC(=O)Nc1nc(C(F)(F)F)c([N+](=O)[O-])s1.